The van der Waals surface area contributed by atoms with Gasteiger partial charge >= 0.3 is 0 Å². The number of amides is 1. The van der Waals surface area contributed by atoms with Crippen molar-refractivity contribution >= 4 is 22.5 Å². The van der Waals surface area contributed by atoms with Crippen LogP contribution < -0.4 is 10.2 Å². The number of anilines is 1. The minimum Gasteiger partial charge on any atom is -0.378 e. The molecule has 0 radical (unpaired) electrons. The largest absolute Gasteiger partial charge is 0.378 e. The Kier molecular flexibility index (Phi) is 3.43. The Morgan fingerprint density at radius 1 is 1.17 bits per heavy atom. The zero-order chi connectivity index (χ0) is 15.8. The van der Waals surface area contributed by atoms with E-state index in [9.17, 15) is 10.1 Å². The van der Waals surface area contributed by atoms with Crippen LogP contribution in [0.4, 0.5) is 5.69 Å². The van der Waals surface area contributed by atoms with Crippen LogP contribution in [-0.2, 0) is 11.3 Å². The third-order valence-electron chi connectivity index (χ3n) is 4.53. The summed E-state index contributed by atoms with van der Waals surface area (Å²) in [6.07, 6.45) is 0.908. The molecule has 1 amide bonds. The van der Waals surface area contributed by atoms with Crippen molar-refractivity contribution in [1.29, 1.82) is 5.26 Å². The molecule has 0 aliphatic carbocycles. The summed E-state index contributed by atoms with van der Waals surface area (Å²) >= 11 is 0. The lowest BCUT2D eigenvalue weighted by molar-refractivity contribution is 0.0951. The minimum atomic E-state index is -0.0369. The van der Waals surface area contributed by atoms with Gasteiger partial charge in [0.15, 0.2) is 0 Å². The van der Waals surface area contributed by atoms with E-state index in [1.807, 2.05) is 18.2 Å². The summed E-state index contributed by atoms with van der Waals surface area (Å²) in [6, 6.07) is 7.94. The number of nitriles is 1. The second kappa shape index (κ2) is 5.60. The van der Waals surface area contributed by atoms with Gasteiger partial charge in [0.2, 0.25) is 0 Å². The van der Waals surface area contributed by atoms with Gasteiger partial charge in [-0.15, -0.1) is 0 Å². The van der Waals surface area contributed by atoms with E-state index in [1.165, 1.54) is 0 Å². The second-order valence-corrected chi connectivity index (χ2v) is 5.94. The van der Waals surface area contributed by atoms with E-state index in [0.717, 1.165) is 42.6 Å². The van der Waals surface area contributed by atoms with Gasteiger partial charge in [-0.3, -0.25) is 4.79 Å². The van der Waals surface area contributed by atoms with Crippen LogP contribution in [-0.4, -0.2) is 43.3 Å². The summed E-state index contributed by atoms with van der Waals surface area (Å²) in [5, 5.41) is 13.2. The van der Waals surface area contributed by atoms with E-state index in [-0.39, 0.29) is 5.91 Å². The third-order valence-corrected chi connectivity index (χ3v) is 4.53. The van der Waals surface area contributed by atoms with Crippen molar-refractivity contribution < 1.29 is 9.53 Å². The van der Waals surface area contributed by atoms with Gasteiger partial charge in [0.25, 0.3) is 5.91 Å². The second-order valence-electron chi connectivity index (χ2n) is 5.94. The molecule has 0 bridgehead atoms. The summed E-state index contributed by atoms with van der Waals surface area (Å²) < 4.78 is 7.54. The summed E-state index contributed by atoms with van der Waals surface area (Å²) in [6.45, 7) is 4.48. The third kappa shape index (κ3) is 2.34. The highest BCUT2D eigenvalue weighted by Crippen LogP contribution is 2.33. The zero-order valence-electron chi connectivity index (χ0n) is 12.8. The van der Waals surface area contributed by atoms with E-state index < -0.39 is 0 Å². The lowest BCUT2D eigenvalue weighted by atomic mass is 10.1. The van der Waals surface area contributed by atoms with Gasteiger partial charge in [-0.1, -0.05) is 0 Å². The Morgan fingerprint density at radius 2 is 2.00 bits per heavy atom. The number of carbonyl (C=O) groups is 1. The Bertz CT molecular complexity index is 812. The van der Waals surface area contributed by atoms with Crippen LogP contribution in [0.5, 0.6) is 0 Å². The molecule has 0 unspecified atom stereocenters. The van der Waals surface area contributed by atoms with E-state index in [4.69, 9.17) is 4.74 Å². The first-order valence-corrected chi connectivity index (χ1v) is 7.96. The zero-order valence-corrected chi connectivity index (χ0v) is 12.8. The molecule has 4 rings (SSSR count). The Labute approximate surface area is 134 Å². The normalized spacial score (nSPS) is 18.2. The molecule has 2 aliphatic heterocycles. The standard InChI is InChI=1S/C17H18N4O2/c18-11-12-8-13-10-15-17(22)19-2-1-3-21(15)16(13)14(9-12)20-4-6-23-7-5-20/h8-10H,1-7H2,(H,19,22). The number of rotatable bonds is 1. The van der Waals surface area contributed by atoms with Crippen molar-refractivity contribution in [3.8, 4) is 6.07 Å². The first kappa shape index (κ1) is 14.1. The fourth-order valence-corrected chi connectivity index (χ4v) is 3.45. The molecule has 6 heteroatoms. The van der Waals surface area contributed by atoms with Crippen molar-refractivity contribution in [1.82, 2.24) is 9.88 Å². The van der Waals surface area contributed by atoms with Crippen molar-refractivity contribution in [2.75, 3.05) is 37.7 Å². The SMILES string of the molecule is N#Cc1cc(N2CCOCC2)c2c(c1)cc1n2CCCNC1=O. The lowest BCUT2D eigenvalue weighted by Crippen LogP contribution is -2.36. The first-order valence-electron chi connectivity index (χ1n) is 7.96. The van der Waals surface area contributed by atoms with Crippen LogP contribution in [0.1, 0.15) is 22.5 Å². The Hall–Kier alpha value is -2.52. The topological polar surface area (TPSA) is 70.3 Å². The molecular weight excluding hydrogens is 292 g/mol. The summed E-state index contributed by atoms with van der Waals surface area (Å²) in [7, 11) is 0. The van der Waals surface area contributed by atoms with Gasteiger partial charge < -0.3 is 19.5 Å². The van der Waals surface area contributed by atoms with Gasteiger partial charge in [-0.25, -0.2) is 0 Å². The first-order chi connectivity index (χ1) is 11.3. The minimum absolute atomic E-state index is 0.0369. The summed E-state index contributed by atoms with van der Waals surface area (Å²) in [5.74, 6) is -0.0369. The molecule has 1 fully saturated rings. The van der Waals surface area contributed by atoms with Crippen LogP contribution in [0.15, 0.2) is 18.2 Å². The maximum atomic E-state index is 12.3. The van der Waals surface area contributed by atoms with Gasteiger partial charge in [0, 0.05) is 31.6 Å². The molecule has 23 heavy (non-hydrogen) atoms. The number of nitrogens with one attached hydrogen (secondary N) is 1. The predicted molar refractivity (Wildman–Crippen MR) is 86.6 cm³/mol. The molecule has 1 aromatic heterocycles. The molecule has 1 aromatic carbocycles. The molecule has 1 saturated heterocycles. The molecular formula is C17H18N4O2. The number of nitrogens with zero attached hydrogens (tertiary/aromatic N) is 3. The molecule has 0 atom stereocenters. The molecule has 0 saturated carbocycles. The number of aromatic nitrogens is 1. The number of hydrogen-bond donors (Lipinski definition) is 1. The van der Waals surface area contributed by atoms with Gasteiger partial charge in [0.1, 0.15) is 5.69 Å². The number of benzene rings is 1. The Balaban J connectivity index is 1.95. The summed E-state index contributed by atoms with van der Waals surface area (Å²) in [5.41, 5.74) is 3.39. The van der Waals surface area contributed by atoms with Crippen LogP contribution in [0.3, 0.4) is 0 Å². The van der Waals surface area contributed by atoms with Crippen LogP contribution in [0, 0.1) is 11.3 Å². The quantitative estimate of drug-likeness (QED) is 0.866. The molecule has 118 valence electrons. The maximum absolute atomic E-state index is 12.3. The average molecular weight is 310 g/mol. The maximum Gasteiger partial charge on any atom is 0.267 e. The number of morpholine rings is 1. The van der Waals surface area contributed by atoms with Gasteiger partial charge in [-0.05, 0) is 24.6 Å². The van der Waals surface area contributed by atoms with E-state index in [1.54, 1.807) is 0 Å². The fraction of sp³-hybridized carbons (Fsp3) is 0.412. The van der Waals surface area contributed by atoms with E-state index in [2.05, 4.69) is 20.9 Å². The number of carbonyl (C=O) groups excluding carboxylic acids is 1. The molecule has 2 aliphatic rings. The van der Waals surface area contributed by atoms with Crippen molar-refractivity contribution in [3.63, 3.8) is 0 Å². The molecule has 1 N–H and O–H groups in total. The van der Waals surface area contributed by atoms with E-state index >= 15 is 0 Å². The van der Waals surface area contributed by atoms with Crippen LogP contribution in [0.2, 0.25) is 0 Å². The number of aryl methyl sites for hydroxylation is 1. The monoisotopic (exact) mass is 310 g/mol. The number of ether oxygens (including phenoxy) is 1. The van der Waals surface area contributed by atoms with Crippen molar-refractivity contribution in [2.45, 2.75) is 13.0 Å². The van der Waals surface area contributed by atoms with Gasteiger partial charge in [-0.2, -0.15) is 5.26 Å². The lowest BCUT2D eigenvalue weighted by Gasteiger charge is -2.30. The highest BCUT2D eigenvalue weighted by molar-refractivity contribution is 6.03. The number of fused-ring (bicyclic) bond motifs is 3. The number of hydrogen-bond acceptors (Lipinski definition) is 4. The highest BCUT2D eigenvalue weighted by atomic mass is 16.5. The summed E-state index contributed by atoms with van der Waals surface area (Å²) in [4.78, 5) is 14.5. The molecule has 6 nitrogen and oxygen atoms in total. The molecule has 3 heterocycles. The highest BCUT2D eigenvalue weighted by Gasteiger charge is 2.23. The van der Waals surface area contributed by atoms with E-state index in [0.29, 0.717) is 31.0 Å². The van der Waals surface area contributed by atoms with Crippen molar-refractivity contribution in [2.24, 2.45) is 0 Å². The molecule has 0 spiro atoms. The van der Waals surface area contributed by atoms with Gasteiger partial charge in [0.05, 0.1) is 36.1 Å². The average Bonchev–Trinajstić information content (AvgIpc) is 2.87. The van der Waals surface area contributed by atoms with Crippen LogP contribution in [0.25, 0.3) is 10.9 Å². The van der Waals surface area contributed by atoms with Crippen molar-refractivity contribution in [3.05, 3.63) is 29.5 Å². The Morgan fingerprint density at radius 3 is 2.78 bits per heavy atom. The fourth-order valence-electron chi connectivity index (χ4n) is 3.45. The predicted octanol–water partition coefficient (Wildman–Crippen LogP) is 1.48. The smallest absolute Gasteiger partial charge is 0.267 e. The molecule has 2 aromatic rings. The van der Waals surface area contributed by atoms with Crippen LogP contribution >= 0.6 is 0 Å².